The first kappa shape index (κ1) is 19.7. The van der Waals surface area contributed by atoms with Gasteiger partial charge in [0, 0.05) is 51.2 Å². The molecule has 0 spiro atoms. The quantitative estimate of drug-likeness (QED) is 0.734. The molecule has 0 radical (unpaired) electrons. The van der Waals surface area contributed by atoms with E-state index in [4.69, 9.17) is 4.74 Å². The summed E-state index contributed by atoms with van der Waals surface area (Å²) in [6.07, 6.45) is 0.705. The summed E-state index contributed by atoms with van der Waals surface area (Å²) in [4.78, 5) is 20.9. The van der Waals surface area contributed by atoms with Crippen LogP contribution in [0.3, 0.4) is 0 Å². The van der Waals surface area contributed by atoms with Crippen LogP contribution in [0, 0.1) is 6.92 Å². The third-order valence-corrected chi connectivity index (χ3v) is 5.37. The average Bonchev–Trinajstić information content (AvgIpc) is 3.13. The number of rotatable bonds is 8. The topological polar surface area (TPSA) is 70.6 Å². The van der Waals surface area contributed by atoms with Gasteiger partial charge in [-0.25, -0.2) is 4.98 Å². The molecule has 7 nitrogen and oxygen atoms in total. The summed E-state index contributed by atoms with van der Waals surface area (Å²) >= 11 is 1.33. The molecule has 0 atom stereocenters. The second kappa shape index (κ2) is 9.77. The lowest BCUT2D eigenvalue weighted by molar-refractivity contribution is -0.119. The Morgan fingerprint density at radius 1 is 1.30 bits per heavy atom. The van der Waals surface area contributed by atoms with Crippen LogP contribution in [0.5, 0.6) is 0 Å². The van der Waals surface area contributed by atoms with Crippen molar-refractivity contribution in [1.29, 1.82) is 0 Å². The maximum absolute atomic E-state index is 12.2. The number of hydrogen-bond donors (Lipinski definition) is 1. The lowest BCUT2D eigenvalue weighted by Gasteiger charge is -2.26. The van der Waals surface area contributed by atoms with E-state index in [0.29, 0.717) is 13.0 Å². The average molecular weight is 390 g/mol. The molecule has 0 unspecified atom stereocenters. The highest BCUT2D eigenvalue weighted by Crippen LogP contribution is 2.17. The highest BCUT2D eigenvalue weighted by atomic mass is 32.1. The summed E-state index contributed by atoms with van der Waals surface area (Å²) < 4.78 is 9.75. The summed E-state index contributed by atoms with van der Waals surface area (Å²) in [5, 5.41) is 3.74. The zero-order chi connectivity index (χ0) is 19.1. The van der Waals surface area contributed by atoms with Crippen molar-refractivity contribution in [1.82, 2.24) is 19.6 Å². The summed E-state index contributed by atoms with van der Waals surface area (Å²) in [5.74, 6) is 0.791. The molecule has 0 aliphatic carbocycles. The van der Waals surface area contributed by atoms with Gasteiger partial charge in [-0.3, -0.25) is 9.69 Å². The minimum atomic E-state index is 0.000967. The first-order valence-corrected chi connectivity index (χ1v) is 10.0. The van der Waals surface area contributed by atoms with Crippen LogP contribution >= 0.6 is 11.5 Å². The molecule has 8 heteroatoms. The third kappa shape index (κ3) is 6.27. The van der Waals surface area contributed by atoms with Crippen LogP contribution in [0.15, 0.2) is 24.3 Å². The van der Waals surface area contributed by atoms with Gasteiger partial charge in [0.1, 0.15) is 5.82 Å². The number of anilines is 1. The summed E-state index contributed by atoms with van der Waals surface area (Å²) in [5.41, 5.74) is 2.43. The predicted octanol–water partition coefficient (Wildman–Crippen LogP) is 1.32. The van der Waals surface area contributed by atoms with Gasteiger partial charge in [-0.05, 0) is 12.5 Å². The normalized spacial score (nSPS) is 14.9. The van der Waals surface area contributed by atoms with Gasteiger partial charge in [0.2, 0.25) is 11.0 Å². The fraction of sp³-hybridized carbons (Fsp3) is 0.526. The molecule has 0 saturated carbocycles. The number of nitrogens with zero attached hydrogens (tertiary/aromatic N) is 4. The van der Waals surface area contributed by atoms with Crippen molar-refractivity contribution in [3.63, 3.8) is 0 Å². The number of ether oxygens (including phenoxy) is 1. The molecule has 1 N–H and O–H groups in total. The molecule has 1 amide bonds. The van der Waals surface area contributed by atoms with Crippen LogP contribution in [0.1, 0.15) is 17.0 Å². The zero-order valence-electron chi connectivity index (χ0n) is 16.0. The van der Waals surface area contributed by atoms with E-state index in [1.807, 2.05) is 11.9 Å². The number of aryl methyl sites for hydroxylation is 1. The molecule has 1 saturated heterocycles. The Balaban J connectivity index is 1.42. The summed E-state index contributed by atoms with van der Waals surface area (Å²) in [7, 11) is 1.87. The van der Waals surface area contributed by atoms with Gasteiger partial charge in [-0.2, -0.15) is 4.37 Å². The van der Waals surface area contributed by atoms with Crippen LogP contribution in [0.2, 0.25) is 0 Å². The standard InChI is InChI=1S/C19H27N5O2S/c1-15-3-5-16(6-4-15)13-17-21-19(27-22-17)23(2)14-18(25)20-7-8-24-9-11-26-12-10-24/h3-6H,7-14H2,1-2H3,(H,20,25). The summed E-state index contributed by atoms with van der Waals surface area (Å²) in [6, 6.07) is 8.38. The van der Waals surface area contributed by atoms with E-state index < -0.39 is 0 Å². The van der Waals surface area contributed by atoms with E-state index >= 15 is 0 Å². The van der Waals surface area contributed by atoms with Crippen molar-refractivity contribution in [2.45, 2.75) is 13.3 Å². The molecule has 146 valence electrons. The van der Waals surface area contributed by atoms with Crippen LogP contribution in [-0.2, 0) is 16.0 Å². The van der Waals surface area contributed by atoms with Gasteiger partial charge in [-0.15, -0.1) is 0 Å². The van der Waals surface area contributed by atoms with E-state index in [2.05, 4.69) is 50.8 Å². The molecule has 2 aromatic rings. The van der Waals surface area contributed by atoms with Crippen LogP contribution in [0.25, 0.3) is 0 Å². The fourth-order valence-corrected chi connectivity index (χ4v) is 3.52. The highest BCUT2D eigenvalue weighted by Gasteiger charge is 2.14. The van der Waals surface area contributed by atoms with Gasteiger partial charge < -0.3 is 15.0 Å². The van der Waals surface area contributed by atoms with Gasteiger partial charge in [0.05, 0.1) is 19.8 Å². The van der Waals surface area contributed by atoms with Crippen molar-refractivity contribution in [3.05, 3.63) is 41.2 Å². The smallest absolute Gasteiger partial charge is 0.239 e. The lowest BCUT2D eigenvalue weighted by atomic mass is 10.1. The number of amides is 1. The number of carbonyl (C=O) groups excluding carboxylic acids is 1. The van der Waals surface area contributed by atoms with E-state index in [1.165, 1.54) is 22.7 Å². The molecule has 1 aromatic carbocycles. The Kier molecular flexibility index (Phi) is 7.14. The number of aromatic nitrogens is 2. The number of likely N-dealkylation sites (N-methyl/N-ethyl adjacent to an activating group) is 1. The highest BCUT2D eigenvalue weighted by molar-refractivity contribution is 7.09. The number of benzene rings is 1. The zero-order valence-corrected chi connectivity index (χ0v) is 16.8. The van der Waals surface area contributed by atoms with Crippen LogP contribution < -0.4 is 10.2 Å². The Morgan fingerprint density at radius 3 is 2.78 bits per heavy atom. The van der Waals surface area contributed by atoms with Gasteiger partial charge >= 0.3 is 0 Å². The number of morpholine rings is 1. The van der Waals surface area contributed by atoms with Crippen LogP contribution in [-0.4, -0.2) is 73.1 Å². The lowest BCUT2D eigenvalue weighted by Crippen LogP contribution is -2.43. The van der Waals surface area contributed by atoms with Crippen LogP contribution in [0.4, 0.5) is 5.13 Å². The van der Waals surface area contributed by atoms with Gasteiger partial charge in [0.25, 0.3) is 0 Å². The number of nitrogens with one attached hydrogen (secondary N) is 1. The first-order chi connectivity index (χ1) is 13.1. The summed E-state index contributed by atoms with van der Waals surface area (Å²) in [6.45, 7) is 7.29. The molecular weight excluding hydrogens is 362 g/mol. The monoisotopic (exact) mass is 389 g/mol. The van der Waals surface area contributed by atoms with Crippen molar-refractivity contribution in [2.24, 2.45) is 0 Å². The molecule has 1 aliphatic rings. The fourth-order valence-electron chi connectivity index (χ4n) is 2.88. The molecular formula is C19H27N5O2S. The molecule has 1 aromatic heterocycles. The van der Waals surface area contributed by atoms with E-state index in [0.717, 1.165) is 43.8 Å². The van der Waals surface area contributed by atoms with Crippen molar-refractivity contribution < 1.29 is 9.53 Å². The number of carbonyl (C=O) groups is 1. The third-order valence-electron chi connectivity index (χ3n) is 4.50. The Bertz CT molecular complexity index is 728. The van der Waals surface area contributed by atoms with E-state index in [-0.39, 0.29) is 12.5 Å². The van der Waals surface area contributed by atoms with E-state index in [9.17, 15) is 4.79 Å². The molecule has 0 bridgehead atoms. The maximum Gasteiger partial charge on any atom is 0.239 e. The van der Waals surface area contributed by atoms with Crippen molar-refractivity contribution >= 4 is 22.6 Å². The second-order valence-electron chi connectivity index (χ2n) is 6.82. The molecule has 3 rings (SSSR count). The Labute approximate surface area is 164 Å². The van der Waals surface area contributed by atoms with Crippen molar-refractivity contribution in [3.8, 4) is 0 Å². The molecule has 2 heterocycles. The van der Waals surface area contributed by atoms with Crippen molar-refractivity contribution in [2.75, 3.05) is 57.9 Å². The minimum absolute atomic E-state index is 0.000967. The van der Waals surface area contributed by atoms with E-state index in [1.54, 1.807) is 0 Å². The largest absolute Gasteiger partial charge is 0.379 e. The minimum Gasteiger partial charge on any atom is -0.379 e. The SMILES string of the molecule is Cc1ccc(Cc2nsc(N(C)CC(=O)NCCN3CCOCC3)n2)cc1. The second-order valence-corrected chi connectivity index (χ2v) is 7.55. The predicted molar refractivity (Wildman–Crippen MR) is 107 cm³/mol. The van der Waals surface area contributed by atoms with Gasteiger partial charge in [0.15, 0.2) is 0 Å². The maximum atomic E-state index is 12.2. The number of hydrogen-bond acceptors (Lipinski definition) is 7. The molecule has 1 fully saturated rings. The first-order valence-electron chi connectivity index (χ1n) is 9.26. The Morgan fingerprint density at radius 2 is 2.04 bits per heavy atom. The van der Waals surface area contributed by atoms with Gasteiger partial charge in [-0.1, -0.05) is 29.8 Å². The Hall–Kier alpha value is -2.03. The molecule has 1 aliphatic heterocycles. The molecule has 27 heavy (non-hydrogen) atoms.